The predicted molar refractivity (Wildman–Crippen MR) is 107 cm³/mol. The summed E-state index contributed by atoms with van der Waals surface area (Å²) < 4.78 is 62.1. The Hall–Kier alpha value is -3.63. The summed E-state index contributed by atoms with van der Waals surface area (Å²) in [6.07, 6.45) is -7.11. The van der Waals surface area contributed by atoms with Crippen molar-refractivity contribution in [2.75, 3.05) is 13.2 Å². The number of carbonyl (C=O) groups excluding carboxylic acids is 2. The molecular formula is C21H19F3N2O8. The number of hydrogen-bond donors (Lipinski definition) is 0. The zero-order valence-electron chi connectivity index (χ0n) is 18.0. The Morgan fingerprint density at radius 3 is 2.62 bits per heavy atom. The minimum atomic E-state index is -5.18. The van der Waals surface area contributed by atoms with E-state index in [9.17, 15) is 32.3 Å². The van der Waals surface area contributed by atoms with Crippen LogP contribution in [0.1, 0.15) is 42.6 Å². The maximum absolute atomic E-state index is 13.6. The molecule has 0 aromatic carbocycles. The number of aromatic nitrogens is 2. The molecule has 0 amide bonds. The van der Waals surface area contributed by atoms with Crippen molar-refractivity contribution in [2.45, 2.75) is 44.9 Å². The van der Waals surface area contributed by atoms with Gasteiger partial charge in [0.25, 0.3) is 5.56 Å². The Kier molecular flexibility index (Phi) is 7.43. The highest BCUT2D eigenvalue weighted by molar-refractivity contribution is 5.93. The van der Waals surface area contributed by atoms with Gasteiger partial charge in [-0.05, 0) is 19.1 Å². The summed E-state index contributed by atoms with van der Waals surface area (Å²) >= 11 is 0. The topological polar surface area (TPSA) is 119 Å². The molecule has 2 aromatic rings. The minimum Gasteiger partial charge on any atom is -0.463 e. The fraction of sp³-hybridized carbons (Fsp3) is 0.429. The van der Waals surface area contributed by atoms with Crippen molar-refractivity contribution >= 4 is 11.9 Å². The second-order valence-corrected chi connectivity index (χ2v) is 7.10. The van der Waals surface area contributed by atoms with Crippen molar-refractivity contribution in [1.29, 1.82) is 0 Å². The van der Waals surface area contributed by atoms with Crippen molar-refractivity contribution in [2.24, 2.45) is 0 Å². The number of esters is 1. The molecule has 10 nitrogen and oxygen atoms in total. The predicted octanol–water partition coefficient (Wildman–Crippen LogP) is 1.57. The zero-order valence-corrected chi connectivity index (χ0v) is 18.0. The van der Waals surface area contributed by atoms with Gasteiger partial charge in [-0.3, -0.25) is 19.0 Å². The summed E-state index contributed by atoms with van der Waals surface area (Å²) in [5, 5.41) is 0. The van der Waals surface area contributed by atoms with E-state index in [1.807, 2.05) is 0 Å². The maximum Gasteiger partial charge on any atom is 0.423 e. The van der Waals surface area contributed by atoms with Crippen molar-refractivity contribution in [3.63, 3.8) is 0 Å². The molecule has 2 aromatic heterocycles. The summed E-state index contributed by atoms with van der Waals surface area (Å²) in [6.45, 7) is 2.38. The van der Waals surface area contributed by atoms with Crippen LogP contribution in [0.15, 0.2) is 38.6 Å². The van der Waals surface area contributed by atoms with Crippen LogP contribution >= 0.6 is 0 Å². The van der Waals surface area contributed by atoms with Crippen molar-refractivity contribution in [3.8, 4) is 11.8 Å². The molecule has 0 N–H and O–H groups in total. The zero-order chi connectivity index (χ0) is 25.0. The molecule has 0 saturated carbocycles. The number of carbonyl (C=O) groups is 2. The lowest BCUT2D eigenvalue weighted by Crippen LogP contribution is -2.47. The minimum absolute atomic E-state index is 0.0486. The first kappa shape index (κ1) is 25.0. The van der Waals surface area contributed by atoms with E-state index in [1.54, 1.807) is 6.92 Å². The van der Waals surface area contributed by atoms with Gasteiger partial charge in [0, 0.05) is 19.5 Å². The van der Waals surface area contributed by atoms with Crippen molar-refractivity contribution in [3.05, 3.63) is 56.8 Å². The third kappa shape index (κ3) is 5.29. The monoisotopic (exact) mass is 484 g/mol. The lowest BCUT2D eigenvalue weighted by atomic mass is 10.2. The number of alkyl halides is 3. The summed E-state index contributed by atoms with van der Waals surface area (Å²) in [7, 11) is 0. The van der Waals surface area contributed by atoms with Crippen LogP contribution in [0.4, 0.5) is 13.2 Å². The average molecular weight is 484 g/mol. The van der Waals surface area contributed by atoms with Gasteiger partial charge >= 0.3 is 23.7 Å². The highest BCUT2D eigenvalue weighted by Crippen LogP contribution is 2.32. The van der Waals surface area contributed by atoms with Gasteiger partial charge in [0.2, 0.25) is 0 Å². The maximum atomic E-state index is 13.6. The first-order valence-corrected chi connectivity index (χ1v) is 9.88. The van der Waals surface area contributed by atoms with Gasteiger partial charge in [-0.1, -0.05) is 5.92 Å². The first-order valence-electron chi connectivity index (χ1n) is 9.88. The number of ether oxygens (including phenoxy) is 3. The van der Waals surface area contributed by atoms with Crippen LogP contribution in [0.5, 0.6) is 0 Å². The van der Waals surface area contributed by atoms with Gasteiger partial charge in [0.1, 0.15) is 31.1 Å². The normalized spacial score (nSPS) is 20.0. The standard InChI is InChI=1S/C21H19F3N2O8/c1-3-4-7-32-15-9-17(34-16(15)11-33-12(2)27)25-10-13(21(22,23)24)18(28)26(20(25)30)19(29)14-6-5-8-31-14/h5-6,8,10,15-17H,7,9,11H2,1-2H3/t15-,16+,17+/m0/s1. The van der Waals surface area contributed by atoms with E-state index in [-0.39, 0.29) is 24.2 Å². The number of furan rings is 1. The van der Waals surface area contributed by atoms with E-state index >= 15 is 0 Å². The number of hydrogen-bond acceptors (Lipinski definition) is 8. The molecule has 0 spiro atoms. The average Bonchev–Trinajstić information content (AvgIpc) is 3.42. The second kappa shape index (κ2) is 10.1. The van der Waals surface area contributed by atoms with Crippen LogP contribution < -0.4 is 11.2 Å². The van der Waals surface area contributed by atoms with E-state index < -0.39 is 59.1 Å². The Morgan fingerprint density at radius 1 is 1.29 bits per heavy atom. The van der Waals surface area contributed by atoms with Crippen LogP contribution in [0, 0.1) is 11.8 Å². The fourth-order valence-electron chi connectivity index (χ4n) is 3.28. The Bertz CT molecular complexity index is 1230. The van der Waals surface area contributed by atoms with Crippen LogP contribution in [0.3, 0.4) is 0 Å². The Balaban J connectivity index is 2.06. The molecule has 1 fully saturated rings. The number of halogens is 3. The van der Waals surface area contributed by atoms with Gasteiger partial charge in [0.15, 0.2) is 5.76 Å². The van der Waals surface area contributed by atoms with E-state index in [0.717, 1.165) is 19.3 Å². The van der Waals surface area contributed by atoms with E-state index in [2.05, 4.69) is 11.8 Å². The molecule has 0 radical (unpaired) electrons. The molecule has 1 aliphatic heterocycles. The largest absolute Gasteiger partial charge is 0.463 e. The van der Waals surface area contributed by atoms with Gasteiger partial charge < -0.3 is 18.6 Å². The summed E-state index contributed by atoms with van der Waals surface area (Å²) in [5.74, 6) is 2.74. The highest BCUT2D eigenvalue weighted by Gasteiger charge is 2.42. The molecule has 182 valence electrons. The second-order valence-electron chi connectivity index (χ2n) is 7.10. The van der Waals surface area contributed by atoms with E-state index in [0.29, 0.717) is 10.8 Å². The van der Waals surface area contributed by atoms with E-state index in [1.165, 1.54) is 6.07 Å². The Labute approximate surface area is 189 Å². The van der Waals surface area contributed by atoms with Crippen LogP contribution in [-0.2, 0) is 25.2 Å². The van der Waals surface area contributed by atoms with Crippen molar-refractivity contribution < 1.29 is 41.4 Å². The van der Waals surface area contributed by atoms with Crippen molar-refractivity contribution in [1.82, 2.24) is 9.13 Å². The van der Waals surface area contributed by atoms with Gasteiger partial charge in [0.05, 0.1) is 12.4 Å². The Morgan fingerprint density at radius 2 is 2.03 bits per heavy atom. The van der Waals surface area contributed by atoms with Gasteiger partial charge in [-0.25, -0.2) is 4.79 Å². The molecule has 34 heavy (non-hydrogen) atoms. The molecule has 3 rings (SSSR count). The summed E-state index contributed by atoms with van der Waals surface area (Å²) in [6, 6.07) is 2.36. The SMILES string of the molecule is CC#CCO[C@H]1C[C@H](n2cc(C(F)(F)F)c(=O)n(C(=O)c3ccco3)c2=O)O[C@@H]1COC(C)=O. The molecule has 1 aliphatic rings. The van der Waals surface area contributed by atoms with Gasteiger partial charge in [-0.2, -0.15) is 17.7 Å². The lowest BCUT2D eigenvalue weighted by Gasteiger charge is -2.19. The van der Waals surface area contributed by atoms with Crippen LogP contribution in [-0.4, -0.2) is 46.4 Å². The molecular weight excluding hydrogens is 465 g/mol. The molecule has 0 aliphatic carbocycles. The smallest absolute Gasteiger partial charge is 0.423 e. The lowest BCUT2D eigenvalue weighted by molar-refractivity contribution is -0.148. The molecule has 0 unspecified atom stereocenters. The third-order valence-corrected chi connectivity index (χ3v) is 4.84. The summed E-state index contributed by atoms with van der Waals surface area (Å²) in [5.41, 5.74) is -4.98. The number of rotatable bonds is 6. The number of nitrogens with zero attached hydrogens (tertiary/aromatic N) is 2. The highest BCUT2D eigenvalue weighted by atomic mass is 19.4. The molecule has 0 bridgehead atoms. The van der Waals surface area contributed by atoms with Crippen LogP contribution in [0.25, 0.3) is 0 Å². The summed E-state index contributed by atoms with van der Waals surface area (Å²) in [4.78, 5) is 49.3. The molecule has 3 atom stereocenters. The first-order chi connectivity index (χ1) is 16.0. The van der Waals surface area contributed by atoms with E-state index in [4.69, 9.17) is 18.6 Å². The van der Waals surface area contributed by atoms with Gasteiger partial charge in [-0.15, -0.1) is 5.92 Å². The fourth-order valence-corrected chi connectivity index (χ4v) is 3.28. The molecule has 3 heterocycles. The van der Waals surface area contributed by atoms with Crippen LogP contribution in [0.2, 0.25) is 0 Å². The quantitative estimate of drug-likeness (QED) is 0.448. The third-order valence-electron chi connectivity index (χ3n) is 4.84. The molecule has 13 heteroatoms. The molecule has 1 saturated heterocycles.